The van der Waals surface area contributed by atoms with E-state index < -0.39 is 0 Å². The van der Waals surface area contributed by atoms with Crippen molar-refractivity contribution in [1.29, 1.82) is 0 Å². The van der Waals surface area contributed by atoms with E-state index in [0.717, 1.165) is 11.5 Å². The zero-order valence-corrected chi connectivity index (χ0v) is 4.87. The van der Waals surface area contributed by atoms with Crippen LogP contribution < -0.4 is 4.12 Å². The molecule has 1 rings (SSSR count). The van der Waals surface area contributed by atoms with E-state index in [0.29, 0.717) is 4.12 Å². The van der Waals surface area contributed by atoms with E-state index in [4.69, 9.17) is 11.6 Å². The van der Waals surface area contributed by atoms with E-state index in [9.17, 15) is 5.21 Å². The van der Waals surface area contributed by atoms with Crippen molar-refractivity contribution >= 4 is 23.1 Å². The number of hydrogen-bond acceptors (Lipinski definition) is 2. The third-order valence-electron chi connectivity index (χ3n) is 0.537. The van der Waals surface area contributed by atoms with Crippen LogP contribution in [0.15, 0.2) is 11.4 Å². The lowest BCUT2D eigenvalue weighted by Crippen LogP contribution is -2.18. The Balaban J connectivity index is 3.12. The molecule has 0 aromatic carbocycles. The third-order valence-corrected chi connectivity index (χ3v) is 1.56. The molecule has 0 atom stereocenters. The molecule has 4 heteroatoms. The van der Waals surface area contributed by atoms with Crippen LogP contribution in [-0.2, 0) is 0 Å². The van der Waals surface area contributed by atoms with Gasteiger partial charge in [-0.3, -0.25) is 0 Å². The Hall–Kier alpha value is -0.280. The first-order valence-corrected chi connectivity index (χ1v) is 2.85. The molecule has 7 heavy (non-hydrogen) atoms. The van der Waals surface area contributed by atoms with E-state index in [2.05, 4.69) is 0 Å². The van der Waals surface area contributed by atoms with E-state index in [1.54, 1.807) is 11.4 Å². The van der Waals surface area contributed by atoms with Gasteiger partial charge in [0.25, 0.3) is 0 Å². The molecular weight excluding hydrogens is 134 g/mol. The zero-order chi connectivity index (χ0) is 5.28. The van der Waals surface area contributed by atoms with E-state index in [1.807, 2.05) is 0 Å². The fourth-order valence-corrected chi connectivity index (χ4v) is 0.972. The number of aromatic nitrogens is 1. The number of halogens is 1. The average molecular weight is 136 g/mol. The summed E-state index contributed by atoms with van der Waals surface area (Å²) >= 11 is 6.32. The Morgan fingerprint density at radius 2 is 2.57 bits per heavy atom. The van der Waals surface area contributed by atoms with E-state index in [-0.39, 0.29) is 5.15 Å². The molecule has 0 fully saturated rings. The quantitative estimate of drug-likeness (QED) is 0.386. The Labute approximate surface area is 49.7 Å². The van der Waals surface area contributed by atoms with Gasteiger partial charge in [-0.15, -0.1) is 0 Å². The predicted octanol–water partition coefficient (Wildman–Crippen LogP) is 1.03. The lowest BCUT2D eigenvalue weighted by atomic mass is 10.8. The summed E-state index contributed by atoms with van der Waals surface area (Å²) in [5, 5.41) is 12.1. The van der Waals surface area contributed by atoms with E-state index >= 15 is 0 Å². The smallest absolute Gasteiger partial charge is 0.300 e. The molecule has 2 nitrogen and oxygen atoms in total. The van der Waals surface area contributed by atoms with Crippen molar-refractivity contribution in [3.05, 3.63) is 21.8 Å². The summed E-state index contributed by atoms with van der Waals surface area (Å²) in [4.78, 5) is 0. The lowest BCUT2D eigenvalue weighted by Gasteiger charge is -1.82. The maximum absolute atomic E-state index is 10.2. The van der Waals surface area contributed by atoms with Crippen molar-refractivity contribution in [1.82, 2.24) is 0 Å². The summed E-state index contributed by atoms with van der Waals surface area (Å²) in [5.74, 6) is 0. The zero-order valence-electron chi connectivity index (χ0n) is 3.30. The van der Waals surface area contributed by atoms with Gasteiger partial charge in [-0.1, -0.05) is 4.12 Å². The van der Waals surface area contributed by atoms with Crippen molar-refractivity contribution in [2.24, 2.45) is 0 Å². The topological polar surface area (TPSA) is 26.9 Å². The lowest BCUT2D eigenvalue weighted by molar-refractivity contribution is -0.527. The second-order valence-corrected chi connectivity index (χ2v) is 2.19. The second-order valence-electron chi connectivity index (χ2n) is 0.988. The molecule has 0 bridgehead atoms. The van der Waals surface area contributed by atoms with Gasteiger partial charge in [-0.25, -0.2) is 0 Å². The van der Waals surface area contributed by atoms with Crippen LogP contribution in [0.2, 0.25) is 5.15 Å². The van der Waals surface area contributed by atoms with Crippen molar-refractivity contribution in [2.45, 2.75) is 0 Å². The highest BCUT2D eigenvalue weighted by Crippen LogP contribution is 2.01. The van der Waals surface area contributed by atoms with Crippen molar-refractivity contribution in [2.75, 3.05) is 0 Å². The molecule has 1 heterocycles. The van der Waals surface area contributed by atoms with Crippen molar-refractivity contribution < 1.29 is 4.12 Å². The average Bonchev–Trinajstić information content (AvgIpc) is 1.91. The molecule has 0 spiro atoms. The molecule has 0 aliphatic heterocycles. The first kappa shape index (κ1) is 4.87. The highest BCUT2D eigenvalue weighted by molar-refractivity contribution is 6.99. The molecule has 0 aliphatic carbocycles. The highest BCUT2D eigenvalue weighted by atomic mass is 35.5. The summed E-state index contributed by atoms with van der Waals surface area (Å²) in [5.41, 5.74) is 0. The summed E-state index contributed by atoms with van der Waals surface area (Å²) < 4.78 is 0.640. The van der Waals surface area contributed by atoms with Crippen LogP contribution in [0.3, 0.4) is 0 Å². The van der Waals surface area contributed by atoms with Crippen LogP contribution in [0.5, 0.6) is 0 Å². The van der Waals surface area contributed by atoms with Gasteiger partial charge in [0.05, 0.1) is 5.38 Å². The molecule has 1 aromatic heterocycles. The van der Waals surface area contributed by atoms with Crippen molar-refractivity contribution in [3.8, 4) is 0 Å². The largest absolute Gasteiger partial charge is 0.605 e. The minimum absolute atomic E-state index is 0.241. The molecule has 0 aliphatic rings. The first-order chi connectivity index (χ1) is 3.30. The van der Waals surface area contributed by atoms with Crippen LogP contribution in [0.4, 0.5) is 0 Å². The normalized spacial score (nSPS) is 9.29. The molecule has 0 radical (unpaired) electrons. The summed E-state index contributed by atoms with van der Waals surface area (Å²) in [7, 11) is 0. The van der Waals surface area contributed by atoms with Crippen LogP contribution in [0.1, 0.15) is 0 Å². The van der Waals surface area contributed by atoms with E-state index in [1.165, 1.54) is 0 Å². The predicted molar refractivity (Wildman–Crippen MR) is 28.3 cm³/mol. The minimum Gasteiger partial charge on any atom is -0.605 e. The Morgan fingerprint density at radius 1 is 1.86 bits per heavy atom. The fourth-order valence-electron chi connectivity index (χ4n) is 0.253. The molecule has 0 N–H and O–H groups in total. The Morgan fingerprint density at radius 3 is 2.71 bits per heavy atom. The molecule has 1 aromatic rings. The number of rotatable bonds is 0. The minimum atomic E-state index is 0.241. The van der Waals surface area contributed by atoms with Crippen LogP contribution in [-0.4, -0.2) is 0 Å². The highest BCUT2D eigenvalue weighted by Gasteiger charge is 1.97. The van der Waals surface area contributed by atoms with Crippen LogP contribution in [0.25, 0.3) is 0 Å². The van der Waals surface area contributed by atoms with Gasteiger partial charge in [0.2, 0.25) is 0 Å². The maximum Gasteiger partial charge on any atom is 0.300 e. The molecule has 0 saturated carbocycles. The third kappa shape index (κ3) is 0.838. The molecular formula is C3H2ClNOS. The first-order valence-electron chi connectivity index (χ1n) is 1.64. The summed E-state index contributed by atoms with van der Waals surface area (Å²) in [6, 6.07) is 1.55. The molecule has 38 valence electrons. The fraction of sp³-hybridized carbons (Fsp3) is 0. The van der Waals surface area contributed by atoms with Gasteiger partial charge in [0.15, 0.2) is 0 Å². The van der Waals surface area contributed by atoms with Gasteiger partial charge in [0.1, 0.15) is 11.5 Å². The standard InChI is InChI=1S/C3H2ClNOS/c4-3-1-2-7-5(3)6/h1-2H. The van der Waals surface area contributed by atoms with Gasteiger partial charge in [0, 0.05) is 6.07 Å². The molecule has 0 unspecified atom stereocenters. The number of hydrogen-bond donors (Lipinski definition) is 0. The van der Waals surface area contributed by atoms with Gasteiger partial charge in [-0.2, -0.15) is 0 Å². The van der Waals surface area contributed by atoms with Gasteiger partial charge >= 0.3 is 5.15 Å². The second kappa shape index (κ2) is 1.68. The summed E-state index contributed by atoms with van der Waals surface area (Å²) in [6.45, 7) is 0. The van der Waals surface area contributed by atoms with Crippen LogP contribution in [0, 0.1) is 5.21 Å². The number of nitrogens with zero attached hydrogens (tertiary/aromatic N) is 1. The monoisotopic (exact) mass is 135 g/mol. The Bertz CT molecular complexity index is 147. The van der Waals surface area contributed by atoms with Crippen LogP contribution >= 0.6 is 23.1 Å². The summed E-state index contributed by atoms with van der Waals surface area (Å²) in [6.07, 6.45) is 0. The van der Waals surface area contributed by atoms with Gasteiger partial charge in [-0.05, 0) is 11.6 Å². The maximum atomic E-state index is 10.2. The SMILES string of the molecule is [O-][n+]1sccc1Cl. The van der Waals surface area contributed by atoms with Gasteiger partial charge < -0.3 is 5.21 Å². The molecule has 0 amide bonds. The van der Waals surface area contributed by atoms with Crippen molar-refractivity contribution in [3.63, 3.8) is 0 Å². The Kier molecular flexibility index (Phi) is 1.17. The molecule has 0 saturated heterocycles.